The van der Waals surface area contributed by atoms with Crippen LogP contribution in [0.3, 0.4) is 0 Å². The van der Waals surface area contributed by atoms with Crippen molar-refractivity contribution in [3.63, 3.8) is 0 Å². The Morgan fingerprint density at radius 3 is 2.78 bits per heavy atom. The maximum Gasteiger partial charge on any atom is 0.407 e. The molecule has 0 aromatic carbocycles. The average molecular weight is 328 g/mol. The normalized spacial score (nSPS) is 12.9. The van der Waals surface area contributed by atoms with E-state index in [4.69, 9.17) is 14.0 Å². The molecule has 0 bridgehead atoms. The zero-order valence-corrected chi connectivity index (χ0v) is 14.4. The summed E-state index contributed by atoms with van der Waals surface area (Å²) in [5, 5.41) is 9.71. The van der Waals surface area contributed by atoms with E-state index in [1.54, 1.807) is 7.11 Å². The molecule has 132 valence electrons. The van der Waals surface area contributed by atoms with Crippen LogP contribution in [0.5, 0.6) is 0 Å². The lowest BCUT2D eigenvalue weighted by atomic mass is 10.1. The lowest BCUT2D eigenvalue weighted by Gasteiger charge is -2.20. The van der Waals surface area contributed by atoms with E-state index in [2.05, 4.69) is 20.8 Å². The highest BCUT2D eigenvalue weighted by Crippen LogP contribution is 2.06. The molecule has 0 aliphatic heterocycles. The standard InChI is InChI=1S/C15H28N4O4/c1-15(2,3)22-14(20)17-8-5-6-12(10-21-4)16-9-7-13-18-11-19-23-13/h11-12,16H,5-10H2,1-4H3,(H,17,20). The van der Waals surface area contributed by atoms with Crippen molar-refractivity contribution in [1.82, 2.24) is 20.8 Å². The number of ether oxygens (including phenoxy) is 2. The van der Waals surface area contributed by atoms with Gasteiger partial charge in [0.2, 0.25) is 5.89 Å². The van der Waals surface area contributed by atoms with E-state index < -0.39 is 5.60 Å². The average Bonchev–Trinajstić information content (AvgIpc) is 2.94. The minimum Gasteiger partial charge on any atom is -0.444 e. The van der Waals surface area contributed by atoms with E-state index in [0.717, 1.165) is 19.4 Å². The van der Waals surface area contributed by atoms with Crippen LogP contribution in [0.25, 0.3) is 0 Å². The first kappa shape index (κ1) is 19.4. The molecule has 23 heavy (non-hydrogen) atoms. The third-order valence-electron chi connectivity index (χ3n) is 2.94. The van der Waals surface area contributed by atoms with Crippen LogP contribution in [0, 0.1) is 0 Å². The smallest absolute Gasteiger partial charge is 0.407 e. The molecule has 1 amide bonds. The molecule has 1 aromatic heterocycles. The van der Waals surface area contributed by atoms with Crippen molar-refractivity contribution >= 4 is 6.09 Å². The lowest BCUT2D eigenvalue weighted by Crippen LogP contribution is -2.36. The molecular formula is C15H28N4O4. The van der Waals surface area contributed by atoms with Crippen molar-refractivity contribution in [3.05, 3.63) is 12.2 Å². The van der Waals surface area contributed by atoms with E-state index in [9.17, 15) is 4.79 Å². The fraction of sp³-hybridized carbons (Fsp3) is 0.800. The Bertz CT molecular complexity index is 431. The summed E-state index contributed by atoms with van der Waals surface area (Å²) in [5.74, 6) is 0.611. The Balaban J connectivity index is 2.16. The molecule has 1 heterocycles. The molecule has 0 aliphatic rings. The van der Waals surface area contributed by atoms with E-state index in [1.165, 1.54) is 6.33 Å². The first-order valence-electron chi connectivity index (χ1n) is 7.85. The van der Waals surface area contributed by atoms with Crippen LogP contribution in [0.1, 0.15) is 39.5 Å². The molecule has 0 aliphatic carbocycles. The largest absolute Gasteiger partial charge is 0.444 e. The molecule has 0 spiro atoms. The summed E-state index contributed by atoms with van der Waals surface area (Å²) in [6, 6.07) is 0.211. The first-order chi connectivity index (χ1) is 10.9. The summed E-state index contributed by atoms with van der Waals surface area (Å²) >= 11 is 0. The lowest BCUT2D eigenvalue weighted by molar-refractivity contribution is 0.0526. The highest BCUT2D eigenvalue weighted by molar-refractivity contribution is 5.67. The molecule has 0 saturated carbocycles. The van der Waals surface area contributed by atoms with Gasteiger partial charge in [0.15, 0.2) is 6.33 Å². The Hall–Kier alpha value is -1.67. The third-order valence-corrected chi connectivity index (χ3v) is 2.94. The molecule has 0 radical (unpaired) electrons. The van der Waals surface area contributed by atoms with Gasteiger partial charge in [0.25, 0.3) is 0 Å². The number of nitrogens with one attached hydrogen (secondary N) is 2. The molecule has 1 atom stereocenters. The van der Waals surface area contributed by atoms with Gasteiger partial charge in [-0.1, -0.05) is 5.16 Å². The van der Waals surface area contributed by atoms with Crippen LogP contribution in [-0.2, 0) is 15.9 Å². The number of hydrogen-bond donors (Lipinski definition) is 2. The minimum absolute atomic E-state index is 0.211. The summed E-state index contributed by atoms with van der Waals surface area (Å²) < 4.78 is 15.3. The van der Waals surface area contributed by atoms with E-state index in [1.807, 2.05) is 20.8 Å². The van der Waals surface area contributed by atoms with Crippen molar-refractivity contribution < 1.29 is 18.8 Å². The van der Waals surface area contributed by atoms with Crippen LogP contribution >= 0.6 is 0 Å². The SMILES string of the molecule is COCC(CCCNC(=O)OC(C)(C)C)NCCc1ncno1. The molecular weight excluding hydrogens is 300 g/mol. The number of carbonyl (C=O) groups is 1. The third kappa shape index (κ3) is 9.85. The Kier molecular flexibility index (Phi) is 8.57. The number of alkyl carbamates (subject to hydrolysis) is 1. The van der Waals surface area contributed by atoms with Gasteiger partial charge in [-0.2, -0.15) is 4.98 Å². The highest BCUT2D eigenvalue weighted by atomic mass is 16.6. The monoisotopic (exact) mass is 328 g/mol. The van der Waals surface area contributed by atoms with Crippen LogP contribution < -0.4 is 10.6 Å². The first-order valence-corrected chi connectivity index (χ1v) is 7.85. The highest BCUT2D eigenvalue weighted by Gasteiger charge is 2.15. The van der Waals surface area contributed by atoms with Gasteiger partial charge in [-0.3, -0.25) is 0 Å². The summed E-state index contributed by atoms with van der Waals surface area (Å²) in [5.41, 5.74) is -0.473. The number of nitrogens with zero attached hydrogens (tertiary/aromatic N) is 2. The molecule has 1 unspecified atom stereocenters. The molecule has 1 rings (SSSR count). The van der Waals surface area contributed by atoms with Gasteiger partial charge >= 0.3 is 6.09 Å². The number of methoxy groups -OCH3 is 1. The van der Waals surface area contributed by atoms with Crippen molar-refractivity contribution in [2.24, 2.45) is 0 Å². The molecule has 0 saturated heterocycles. The van der Waals surface area contributed by atoms with Crippen LogP contribution in [-0.4, -0.2) is 54.7 Å². The fourth-order valence-electron chi connectivity index (χ4n) is 1.99. The Labute approximate surface area is 137 Å². The van der Waals surface area contributed by atoms with E-state index in [-0.39, 0.29) is 12.1 Å². The van der Waals surface area contributed by atoms with Crippen molar-refractivity contribution in [3.8, 4) is 0 Å². The van der Waals surface area contributed by atoms with Crippen molar-refractivity contribution in [2.45, 2.75) is 51.7 Å². The zero-order valence-electron chi connectivity index (χ0n) is 14.4. The number of rotatable bonds is 10. The number of hydrogen-bond acceptors (Lipinski definition) is 7. The van der Waals surface area contributed by atoms with Crippen molar-refractivity contribution in [1.29, 1.82) is 0 Å². The topological polar surface area (TPSA) is 98.5 Å². The van der Waals surface area contributed by atoms with Gasteiger partial charge in [-0.15, -0.1) is 0 Å². The second-order valence-corrected chi connectivity index (χ2v) is 6.26. The maximum absolute atomic E-state index is 11.5. The van der Waals surface area contributed by atoms with Gasteiger partial charge < -0.3 is 24.6 Å². The Morgan fingerprint density at radius 2 is 2.17 bits per heavy atom. The number of amides is 1. The molecule has 0 fully saturated rings. The van der Waals surface area contributed by atoms with Gasteiger partial charge in [-0.05, 0) is 33.6 Å². The van der Waals surface area contributed by atoms with E-state index in [0.29, 0.717) is 25.5 Å². The molecule has 1 aromatic rings. The minimum atomic E-state index is -0.473. The molecule has 8 nitrogen and oxygen atoms in total. The quantitative estimate of drug-likeness (QED) is 0.628. The fourth-order valence-corrected chi connectivity index (χ4v) is 1.99. The second-order valence-electron chi connectivity index (χ2n) is 6.26. The Morgan fingerprint density at radius 1 is 1.39 bits per heavy atom. The molecule has 8 heteroatoms. The summed E-state index contributed by atoms with van der Waals surface area (Å²) in [6.07, 6.45) is 3.40. The zero-order chi connectivity index (χ0) is 17.1. The van der Waals surface area contributed by atoms with Gasteiger partial charge in [-0.25, -0.2) is 4.79 Å². The van der Waals surface area contributed by atoms with Crippen molar-refractivity contribution in [2.75, 3.05) is 26.8 Å². The van der Waals surface area contributed by atoms with Gasteiger partial charge in [0.1, 0.15) is 5.60 Å². The van der Waals surface area contributed by atoms with Gasteiger partial charge in [0.05, 0.1) is 6.61 Å². The summed E-state index contributed by atoms with van der Waals surface area (Å²) in [7, 11) is 1.67. The van der Waals surface area contributed by atoms with Crippen LogP contribution in [0.4, 0.5) is 4.79 Å². The summed E-state index contributed by atoms with van der Waals surface area (Å²) in [6.45, 7) is 7.43. The maximum atomic E-state index is 11.5. The second kappa shape index (κ2) is 10.2. The van der Waals surface area contributed by atoms with Crippen LogP contribution in [0.15, 0.2) is 10.9 Å². The predicted octanol–water partition coefficient (Wildman–Crippen LogP) is 1.52. The van der Waals surface area contributed by atoms with E-state index >= 15 is 0 Å². The molecule has 2 N–H and O–H groups in total. The van der Waals surface area contributed by atoms with Gasteiger partial charge in [0, 0.05) is 32.7 Å². The number of aromatic nitrogens is 2. The van der Waals surface area contributed by atoms with Crippen LogP contribution in [0.2, 0.25) is 0 Å². The number of carbonyl (C=O) groups excluding carboxylic acids is 1. The summed E-state index contributed by atoms with van der Waals surface area (Å²) in [4.78, 5) is 15.5. The predicted molar refractivity (Wildman–Crippen MR) is 85.1 cm³/mol.